The second-order valence-electron chi connectivity index (χ2n) is 14.2. The SMILES string of the molecule is CC/C=C/C=C/C=C/C=C/CCCCCCCC(=O)OC[C@H](COP(=O)(O)OC[C@H](N)C(=O)O)OC(=O)CCCCCCCCCCC/C=C/CCCCCC. The van der Waals surface area contributed by atoms with Gasteiger partial charge in [-0.3, -0.25) is 23.4 Å². The maximum absolute atomic E-state index is 12.6. The fourth-order valence-electron chi connectivity index (χ4n) is 5.48. The molecule has 0 radical (unpaired) electrons. The number of phosphoric acid groups is 1. The van der Waals surface area contributed by atoms with Gasteiger partial charge in [0.05, 0.1) is 13.2 Å². The molecular formula is C44H76NO10P. The molecule has 3 atom stereocenters. The summed E-state index contributed by atoms with van der Waals surface area (Å²) in [6.45, 7) is 2.62. The first kappa shape index (κ1) is 53.2. The molecule has 0 aromatic carbocycles. The van der Waals surface area contributed by atoms with Crippen molar-refractivity contribution in [3.05, 3.63) is 60.8 Å². The summed E-state index contributed by atoms with van der Waals surface area (Å²) in [4.78, 5) is 45.9. The van der Waals surface area contributed by atoms with Gasteiger partial charge >= 0.3 is 25.7 Å². The number of carboxylic acids is 1. The van der Waals surface area contributed by atoms with Gasteiger partial charge in [0.1, 0.15) is 12.6 Å². The molecule has 11 nitrogen and oxygen atoms in total. The first-order valence-corrected chi connectivity index (χ1v) is 22.9. The number of esters is 2. The molecule has 0 spiro atoms. The van der Waals surface area contributed by atoms with Crippen LogP contribution in [0.1, 0.15) is 168 Å². The molecule has 0 bridgehead atoms. The van der Waals surface area contributed by atoms with Gasteiger partial charge in [-0.25, -0.2) is 4.57 Å². The van der Waals surface area contributed by atoms with E-state index in [1.165, 1.54) is 70.6 Å². The Kier molecular flexibility index (Phi) is 37.1. The molecule has 0 saturated carbocycles. The van der Waals surface area contributed by atoms with E-state index < -0.39 is 51.1 Å². The van der Waals surface area contributed by atoms with Crippen molar-refractivity contribution in [2.45, 2.75) is 180 Å². The highest BCUT2D eigenvalue weighted by molar-refractivity contribution is 7.47. The van der Waals surface area contributed by atoms with Crippen LogP contribution in [0.3, 0.4) is 0 Å². The highest BCUT2D eigenvalue weighted by Crippen LogP contribution is 2.43. The van der Waals surface area contributed by atoms with E-state index in [1.807, 2.05) is 36.5 Å². The van der Waals surface area contributed by atoms with E-state index in [-0.39, 0.29) is 19.4 Å². The van der Waals surface area contributed by atoms with Crippen molar-refractivity contribution in [1.29, 1.82) is 0 Å². The van der Waals surface area contributed by atoms with Crippen molar-refractivity contribution in [3.63, 3.8) is 0 Å². The molecule has 322 valence electrons. The van der Waals surface area contributed by atoms with E-state index in [0.29, 0.717) is 12.8 Å². The van der Waals surface area contributed by atoms with Crippen LogP contribution in [-0.4, -0.2) is 59.9 Å². The van der Waals surface area contributed by atoms with Crippen LogP contribution in [-0.2, 0) is 37.5 Å². The molecule has 0 saturated heterocycles. The van der Waals surface area contributed by atoms with Crippen LogP contribution < -0.4 is 5.73 Å². The van der Waals surface area contributed by atoms with E-state index in [9.17, 15) is 23.8 Å². The maximum Gasteiger partial charge on any atom is 0.472 e. The molecular weight excluding hydrogens is 733 g/mol. The number of rotatable bonds is 39. The van der Waals surface area contributed by atoms with Crippen molar-refractivity contribution in [3.8, 4) is 0 Å². The van der Waals surface area contributed by atoms with E-state index in [2.05, 4.69) is 42.7 Å². The Hall–Kier alpha value is -2.82. The Balaban J connectivity index is 4.41. The van der Waals surface area contributed by atoms with Gasteiger partial charge in [0, 0.05) is 12.8 Å². The molecule has 12 heteroatoms. The van der Waals surface area contributed by atoms with E-state index in [1.54, 1.807) is 0 Å². The third-order valence-corrected chi connectivity index (χ3v) is 9.79. The lowest BCUT2D eigenvalue weighted by Crippen LogP contribution is -2.34. The first-order valence-electron chi connectivity index (χ1n) is 21.4. The molecule has 0 amide bonds. The summed E-state index contributed by atoms with van der Waals surface area (Å²) < 4.78 is 32.7. The lowest BCUT2D eigenvalue weighted by Gasteiger charge is -2.20. The van der Waals surface area contributed by atoms with Crippen LogP contribution in [0.25, 0.3) is 0 Å². The summed E-state index contributed by atoms with van der Waals surface area (Å²) in [5.41, 5.74) is 5.33. The Labute approximate surface area is 338 Å². The molecule has 4 N–H and O–H groups in total. The van der Waals surface area contributed by atoms with Crippen LogP contribution >= 0.6 is 7.82 Å². The van der Waals surface area contributed by atoms with Gasteiger partial charge in [0.25, 0.3) is 0 Å². The zero-order chi connectivity index (χ0) is 41.4. The zero-order valence-electron chi connectivity index (χ0n) is 34.7. The number of hydrogen-bond acceptors (Lipinski definition) is 9. The number of allylic oxidation sites excluding steroid dienone is 10. The van der Waals surface area contributed by atoms with Crippen LogP contribution in [0, 0.1) is 0 Å². The largest absolute Gasteiger partial charge is 0.480 e. The Bertz CT molecular complexity index is 1180. The molecule has 0 aromatic rings. The molecule has 1 unspecified atom stereocenters. The average molecular weight is 810 g/mol. The Morgan fingerprint density at radius 3 is 1.55 bits per heavy atom. The van der Waals surface area contributed by atoms with E-state index >= 15 is 0 Å². The summed E-state index contributed by atoms with van der Waals surface area (Å²) in [5, 5.41) is 8.88. The second-order valence-corrected chi connectivity index (χ2v) is 15.6. The number of phosphoric ester groups is 1. The maximum atomic E-state index is 12.6. The minimum absolute atomic E-state index is 0.151. The van der Waals surface area contributed by atoms with Crippen molar-refractivity contribution in [2.24, 2.45) is 5.73 Å². The van der Waals surface area contributed by atoms with Crippen LogP contribution in [0.15, 0.2) is 60.8 Å². The van der Waals surface area contributed by atoms with Gasteiger partial charge in [-0.15, -0.1) is 0 Å². The fraction of sp³-hybridized carbons (Fsp3) is 0.705. The smallest absolute Gasteiger partial charge is 0.472 e. The van der Waals surface area contributed by atoms with Gasteiger partial charge in [-0.2, -0.15) is 0 Å². The summed E-state index contributed by atoms with van der Waals surface area (Å²) in [6.07, 6.45) is 44.2. The topological polar surface area (TPSA) is 172 Å². The van der Waals surface area contributed by atoms with Gasteiger partial charge in [0.2, 0.25) is 0 Å². The van der Waals surface area contributed by atoms with Gasteiger partial charge in [0.15, 0.2) is 6.10 Å². The number of carboxylic acid groups (broad SMARTS) is 1. The van der Waals surface area contributed by atoms with Gasteiger partial charge in [-0.05, 0) is 57.8 Å². The van der Waals surface area contributed by atoms with Crippen molar-refractivity contribution >= 4 is 25.7 Å². The lowest BCUT2D eigenvalue weighted by atomic mass is 10.1. The predicted molar refractivity (Wildman–Crippen MR) is 226 cm³/mol. The molecule has 0 aromatic heterocycles. The van der Waals surface area contributed by atoms with Gasteiger partial charge in [-0.1, -0.05) is 158 Å². The standard InChI is InChI=1S/C44H76NO10P/c1-3-5-7-9-11-13-15-17-19-20-22-24-26-28-30-32-34-36-43(47)55-40(38-53-56(50,51)54-39-41(45)44(48)49)37-52-42(46)35-33-31-29-27-25-23-21-18-16-14-12-10-8-6-4-2/h6,8,10,12-16,18,21,40-41H,3-5,7,9,11,17,19-20,22-39,45H2,1-2H3,(H,48,49)(H,50,51)/b8-6+,12-10+,15-13+,16-14+,21-18+/t40-,41+/m1/s1. The third-order valence-electron chi connectivity index (χ3n) is 8.84. The number of carbonyl (C=O) groups excluding carboxylic acids is 2. The van der Waals surface area contributed by atoms with Gasteiger partial charge < -0.3 is 25.2 Å². The monoisotopic (exact) mass is 810 g/mol. The first-order chi connectivity index (χ1) is 27.1. The number of aliphatic carboxylic acids is 1. The normalized spacial score (nSPS) is 14.4. The summed E-state index contributed by atoms with van der Waals surface area (Å²) in [5.74, 6) is -2.42. The number of unbranched alkanes of at least 4 members (excludes halogenated alkanes) is 18. The van der Waals surface area contributed by atoms with Crippen molar-refractivity contribution in [1.82, 2.24) is 0 Å². The molecule has 0 aliphatic heterocycles. The summed E-state index contributed by atoms with van der Waals surface area (Å²) >= 11 is 0. The molecule has 0 rings (SSSR count). The number of carbonyl (C=O) groups is 3. The van der Waals surface area contributed by atoms with E-state index in [0.717, 1.165) is 57.8 Å². The van der Waals surface area contributed by atoms with Crippen LogP contribution in [0.4, 0.5) is 0 Å². The summed E-state index contributed by atoms with van der Waals surface area (Å²) in [7, 11) is -4.72. The van der Waals surface area contributed by atoms with Crippen LogP contribution in [0.2, 0.25) is 0 Å². The highest BCUT2D eigenvalue weighted by atomic mass is 31.2. The zero-order valence-corrected chi connectivity index (χ0v) is 35.6. The molecule has 56 heavy (non-hydrogen) atoms. The number of ether oxygens (including phenoxy) is 2. The van der Waals surface area contributed by atoms with Crippen LogP contribution in [0.5, 0.6) is 0 Å². The molecule has 0 heterocycles. The van der Waals surface area contributed by atoms with Crippen molar-refractivity contribution in [2.75, 3.05) is 19.8 Å². The second kappa shape index (κ2) is 39.0. The predicted octanol–water partition coefficient (Wildman–Crippen LogP) is 11.2. The van der Waals surface area contributed by atoms with E-state index in [4.69, 9.17) is 24.8 Å². The number of hydrogen-bond donors (Lipinski definition) is 3. The molecule has 0 fully saturated rings. The Morgan fingerprint density at radius 2 is 1.02 bits per heavy atom. The highest BCUT2D eigenvalue weighted by Gasteiger charge is 2.28. The summed E-state index contributed by atoms with van der Waals surface area (Å²) in [6, 6.07) is -1.53. The number of nitrogens with two attached hydrogens (primary N) is 1. The molecule has 0 aliphatic carbocycles. The third kappa shape index (κ3) is 38.1. The Morgan fingerprint density at radius 1 is 0.571 bits per heavy atom. The quantitative estimate of drug-likeness (QED) is 0.0177. The average Bonchev–Trinajstić information content (AvgIpc) is 3.17. The molecule has 0 aliphatic rings. The fourth-order valence-corrected chi connectivity index (χ4v) is 6.26. The minimum atomic E-state index is -4.72. The lowest BCUT2D eigenvalue weighted by molar-refractivity contribution is -0.161. The van der Waals surface area contributed by atoms with Crippen molar-refractivity contribution < 1.29 is 47.5 Å². The minimum Gasteiger partial charge on any atom is -0.480 e.